The maximum Gasteiger partial charge on any atom is 0.405 e. The molecule has 2 heterocycles. The Morgan fingerprint density at radius 1 is 1.21 bits per heavy atom. The van der Waals surface area contributed by atoms with Gasteiger partial charge in [0.2, 0.25) is 17.7 Å². The summed E-state index contributed by atoms with van der Waals surface area (Å²) in [6.45, 7) is 3.24. The summed E-state index contributed by atoms with van der Waals surface area (Å²) in [5, 5.41) is 16.6. The maximum atomic E-state index is 13.2. The molecule has 3 amide bonds. The molecule has 2 aromatic rings. The van der Waals surface area contributed by atoms with Crippen LogP contribution in [-0.2, 0) is 20.9 Å². The lowest BCUT2D eigenvalue weighted by Crippen LogP contribution is -2.41. The standard InChI is InChI=1S/C28H32F3N7O3S/c1-4-38-26(41)20(42-28(38)19(12-32)24(28)25(40)34-16-27(29,30)31)13-33-21-9-6-10-22(35-21)36-23(39)15-37(3)14-18-8-5-7-17(2)11-18/h5-11,19-20,24H,4,13-16H2,1-3H3,(H,34,40)(H2,33,35,36,39). The van der Waals surface area contributed by atoms with Crippen molar-refractivity contribution in [2.75, 3.05) is 43.9 Å². The van der Waals surface area contributed by atoms with Crippen molar-refractivity contribution in [3.05, 3.63) is 53.6 Å². The number of aromatic nitrogens is 1. The van der Waals surface area contributed by atoms with Crippen molar-refractivity contribution in [2.45, 2.75) is 36.7 Å². The summed E-state index contributed by atoms with van der Waals surface area (Å²) in [7, 11) is 1.84. The minimum atomic E-state index is -4.59. The number of hydrogen-bond acceptors (Lipinski definition) is 8. The molecule has 0 bridgehead atoms. The molecule has 10 nitrogen and oxygen atoms in total. The maximum absolute atomic E-state index is 13.2. The largest absolute Gasteiger partial charge is 0.405 e. The minimum Gasteiger partial charge on any atom is -0.368 e. The van der Waals surface area contributed by atoms with Crippen LogP contribution in [0.3, 0.4) is 0 Å². The molecule has 4 unspecified atom stereocenters. The van der Waals surface area contributed by atoms with Gasteiger partial charge in [-0.05, 0) is 38.6 Å². The second-order valence-electron chi connectivity index (χ2n) is 10.4. The van der Waals surface area contributed by atoms with Gasteiger partial charge in [0.05, 0.1) is 24.4 Å². The minimum absolute atomic E-state index is 0.0976. The zero-order valence-electron chi connectivity index (χ0n) is 23.4. The number of aryl methyl sites for hydroxylation is 1. The number of amides is 3. The van der Waals surface area contributed by atoms with Crippen molar-refractivity contribution >= 4 is 41.1 Å². The van der Waals surface area contributed by atoms with Crippen LogP contribution in [0.5, 0.6) is 0 Å². The first kappa shape index (κ1) is 31.1. The highest BCUT2D eigenvalue weighted by Crippen LogP contribution is 2.66. The molecule has 0 radical (unpaired) electrons. The first-order valence-corrected chi connectivity index (χ1v) is 14.2. The Bertz CT molecular complexity index is 1390. The Hall–Kier alpha value is -3.83. The number of thioether (sulfide) groups is 1. The van der Waals surface area contributed by atoms with E-state index in [-0.39, 0.29) is 31.4 Å². The van der Waals surface area contributed by atoms with Crippen molar-refractivity contribution < 1.29 is 27.6 Å². The van der Waals surface area contributed by atoms with E-state index in [1.165, 1.54) is 4.90 Å². The van der Waals surface area contributed by atoms with E-state index >= 15 is 0 Å². The average Bonchev–Trinajstić information content (AvgIpc) is 3.47. The number of rotatable bonds is 11. The topological polar surface area (TPSA) is 130 Å². The second kappa shape index (κ2) is 12.6. The molecule has 14 heteroatoms. The molecule has 1 aromatic carbocycles. The lowest BCUT2D eigenvalue weighted by Gasteiger charge is -2.22. The molecule has 1 aromatic heterocycles. The summed E-state index contributed by atoms with van der Waals surface area (Å²) in [4.78, 5) is 44.8. The molecule has 1 aliphatic carbocycles. The number of anilines is 2. The van der Waals surface area contributed by atoms with Crippen LogP contribution in [0.15, 0.2) is 42.5 Å². The number of nitriles is 1. The number of likely N-dealkylation sites (N-methyl/N-ethyl adjacent to an activating group) is 1. The van der Waals surface area contributed by atoms with Gasteiger partial charge in [0, 0.05) is 19.6 Å². The molecule has 1 saturated carbocycles. The van der Waals surface area contributed by atoms with Crippen molar-refractivity contribution in [3.8, 4) is 6.07 Å². The molecule has 3 N–H and O–H groups in total. The predicted octanol–water partition coefficient (Wildman–Crippen LogP) is 2.98. The molecule has 4 rings (SSSR count). The summed E-state index contributed by atoms with van der Waals surface area (Å²) in [6, 6.07) is 15.0. The van der Waals surface area contributed by atoms with Crippen LogP contribution in [-0.4, -0.2) is 82.0 Å². The zero-order chi connectivity index (χ0) is 30.7. The van der Waals surface area contributed by atoms with Gasteiger partial charge in [0.1, 0.15) is 28.3 Å². The van der Waals surface area contributed by atoms with Crippen LogP contribution in [0.1, 0.15) is 18.1 Å². The lowest BCUT2D eigenvalue weighted by molar-refractivity contribution is -0.140. The number of pyridine rings is 1. The fourth-order valence-corrected chi connectivity index (χ4v) is 7.12. The summed E-state index contributed by atoms with van der Waals surface area (Å²) < 4.78 is 37.9. The molecule has 42 heavy (non-hydrogen) atoms. The third-order valence-electron chi connectivity index (χ3n) is 7.04. The Morgan fingerprint density at radius 2 is 1.93 bits per heavy atom. The molecule has 1 aliphatic heterocycles. The number of nitrogens with zero attached hydrogens (tertiary/aromatic N) is 4. The van der Waals surface area contributed by atoms with Gasteiger partial charge in [-0.3, -0.25) is 19.3 Å². The number of carbonyl (C=O) groups excluding carboxylic acids is 3. The second-order valence-corrected chi connectivity index (χ2v) is 11.8. The molecule has 1 saturated heterocycles. The Morgan fingerprint density at radius 3 is 2.60 bits per heavy atom. The number of benzene rings is 1. The summed E-state index contributed by atoms with van der Waals surface area (Å²) in [5.74, 6) is -2.74. The van der Waals surface area contributed by atoms with E-state index in [9.17, 15) is 32.8 Å². The number of nitrogens with one attached hydrogen (secondary N) is 3. The quantitative estimate of drug-likeness (QED) is 0.358. The van der Waals surface area contributed by atoms with E-state index in [2.05, 4.69) is 21.7 Å². The molecule has 1 spiro atoms. The van der Waals surface area contributed by atoms with Crippen molar-refractivity contribution in [1.29, 1.82) is 5.26 Å². The molecule has 2 fully saturated rings. The van der Waals surface area contributed by atoms with E-state index in [1.54, 1.807) is 25.1 Å². The first-order chi connectivity index (χ1) is 19.9. The molecule has 2 aliphatic rings. The summed E-state index contributed by atoms with van der Waals surface area (Å²) in [5.41, 5.74) is 2.24. The van der Waals surface area contributed by atoms with Crippen LogP contribution in [0.2, 0.25) is 0 Å². The monoisotopic (exact) mass is 603 g/mol. The zero-order valence-corrected chi connectivity index (χ0v) is 24.2. The van der Waals surface area contributed by atoms with Gasteiger partial charge in [0.25, 0.3) is 0 Å². The van der Waals surface area contributed by atoms with E-state index in [0.717, 1.165) is 22.9 Å². The number of carbonyl (C=O) groups is 3. The summed E-state index contributed by atoms with van der Waals surface area (Å²) in [6.07, 6.45) is -4.59. The predicted molar refractivity (Wildman–Crippen MR) is 152 cm³/mol. The van der Waals surface area contributed by atoms with Gasteiger partial charge in [0.15, 0.2) is 0 Å². The SMILES string of the molecule is CCN1C(=O)C(CNc2cccc(NC(=O)CN(C)Cc3cccc(C)c3)n2)SC12C(C#N)C2C(=O)NCC(F)(F)F. The van der Waals surface area contributed by atoms with Crippen molar-refractivity contribution in [3.63, 3.8) is 0 Å². The van der Waals surface area contributed by atoms with Gasteiger partial charge in [-0.15, -0.1) is 11.8 Å². The van der Waals surface area contributed by atoms with Crippen molar-refractivity contribution in [1.82, 2.24) is 20.1 Å². The van der Waals surface area contributed by atoms with Crippen LogP contribution >= 0.6 is 11.8 Å². The highest BCUT2D eigenvalue weighted by Gasteiger charge is 2.77. The molecule has 224 valence electrons. The lowest BCUT2D eigenvalue weighted by atomic mass is 10.1. The third kappa shape index (κ3) is 6.96. The number of hydrogen-bond donors (Lipinski definition) is 3. The highest BCUT2D eigenvalue weighted by molar-refractivity contribution is 8.02. The molecular formula is C28H32F3N7O3S. The van der Waals surface area contributed by atoms with Gasteiger partial charge in [-0.1, -0.05) is 35.9 Å². The number of halogens is 3. The Balaban J connectivity index is 1.34. The van der Waals surface area contributed by atoms with Crippen molar-refractivity contribution in [2.24, 2.45) is 11.8 Å². The Labute approximate surface area is 246 Å². The molecular weight excluding hydrogens is 571 g/mol. The van der Waals surface area contributed by atoms with Gasteiger partial charge in [-0.25, -0.2) is 4.98 Å². The van der Waals surface area contributed by atoms with Crippen LogP contribution in [0, 0.1) is 30.1 Å². The first-order valence-electron chi connectivity index (χ1n) is 13.4. The number of alkyl halides is 3. The summed E-state index contributed by atoms with van der Waals surface area (Å²) >= 11 is 1.11. The van der Waals surface area contributed by atoms with E-state index in [0.29, 0.717) is 18.2 Å². The third-order valence-corrected chi connectivity index (χ3v) is 8.80. The van der Waals surface area contributed by atoms with E-state index in [4.69, 9.17) is 0 Å². The average molecular weight is 604 g/mol. The van der Waals surface area contributed by atoms with E-state index in [1.807, 2.05) is 48.5 Å². The molecule has 4 atom stereocenters. The Kier molecular flexibility index (Phi) is 9.32. The van der Waals surface area contributed by atoms with Crippen LogP contribution in [0.25, 0.3) is 0 Å². The van der Waals surface area contributed by atoms with Crippen LogP contribution < -0.4 is 16.0 Å². The fraction of sp³-hybridized carbons (Fsp3) is 0.464. The van der Waals surface area contributed by atoms with Gasteiger partial charge < -0.3 is 20.9 Å². The highest BCUT2D eigenvalue weighted by atomic mass is 32.2. The normalized spacial score (nSPS) is 23.1. The van der Waals surface area contributed by atoms with Crippen LogP contribution in [0.4, 0.5) is 24.8 Å². The smallest absolute Gasteiger partial charge is 0.368 e. The fourth-order valence-electron chi connectivity index (χ4n) is 5.26. The van der Waals surface area contributed by atoms with E-state index < -0.39 is 40.6 Å². The van der Waals surface area contributed by atoms with Gasteiger partial charge in [-0.2, -0.15) is 18.4 Å². The van der Waals surface area contributed by atoms with Gasteiger partial charge >= 0.3 is 6.18 Å².